The molecule has 8 heteroatoms. The molecule has 13 aromatic carbocycles. The number of benzene rings is 13. The van der Waals surface area contributed by atoms with Crippen molar-refractivity contribution in [2.75, 3.05) is 29.4 Å². The van der Waals surface area contributed by atoms with Crippen molar-refractivity contribution in [2.24, 2.45) is 0 Å². The Morgan fingerprint density at radius 2 is 0.344 bits per heavy atom. The second-order valence-corrected chi connectivity index (χ2v) is 23.7. The van der Waals surface area contributed by atoms with Crippen molar-refractivity contribution < 1.29 is 0 Å². The summed E-state index contributed by atoms with van der Waals surface area (Å²) in [6.07, 6.45) is 0. The Hall–Kier alpha value is -11.4. The summed E-state index contributed by atoms with van der Waals surface area (Å²) >= 11 is 3.54. The summed E-state index contributed by atoms with van der Waals surface area (Å²) in [5, 5.41) is 6.98. The predicted molar refractivity (Wildman–Crippen MR) is 385 cm³/mol. The second-order valence-electron chi connectivity index (χ2n) is 21.9. The Morgan fingerprint density at radius 3 is 0.611 bits per heavy atom. The molecular weight excluding hydrogens is 1130 g/mol. The Bertz CT molecular complexity index is 4470. The fourth-order valence-corrected chi connectivity index (χ4v) is 14.1. The first-order valence-corrected chi connectivity index (χ1v) is 32.0. The van der Waals surface area contributed by atoms with Crippen molar-refractivity contribution in [3.63, 3.8) is 0 Å². The first-order chi connectivity index (χ1) is 44.7. The van der Waals surface area contributed by atoms with Crippen LogP contribution in [-0.2, 0) is 0 Å². The largest absolute Gasteiger partial charge is 0.310 e. The van der Waals surface area contributed by atoms with Gasteiger partial charge in [0.05, 0.1) is 45.5 Å². The standard InChI is InChI=1S/C82H60N6S2/c1-9-30-61(31-10-1)83(62-32-11-2-12-33-62)71-53-73(57-75(55-71)87(67-42-21-7-22-43-67)79-59-89-81-50-27-25-48-77(79)81)85(65-38-17-5-18-39-65)69-46-29-47-70(52-69)86(66-40-19-6-20-41-66)74-54-72(84(63-34-13-3-14-35-63)64-36-15-4-16-37-64)56-76(58-74)88(68-44-23-8-24-45-68)80-60-90-82-51-28-26-49-78(80)82/h1-60H. The van der Waals surface area contributed by atoms with E-state index >= 15 is 0 Å². The summed E-state index contributed by atoms with van der Waals surface area (Å²) in [4.78, 5) is 14.4. The third kappa shape index (κ3) is 11.1. The van der Waals surface area contributed by atoms with Crippen molar-refractivity contribution >= 4 is 145 Å². The van der Waals surface area contributed by atoms with Crippen molar-refractivity contribution in [3.8, 4) is 0 Å². The number of thiophene rings is 2. The van der Waals surface area contributed by atoms with Crippen LogP contribution in [0.15, 0.2) is 363 Å². The van der Waals surface area contributed by atoms with E-state index in [0.717, 1.165) is 102 Å². The van der Waals surface area contributed by atoms with Crippen LogP contribution < -0.4 is 29.4 Å². The Balaban J connectivity index is 0.973. The van der Waals surface area contributed by atoms with Crippen LogP contribution in [0.25, 0.3) is 20.2 Å². The van der Waals surface area contributed by atoms with E-state index in [0.29, 0.717) is 0 Å². The van der Waals surface area contributed by atoms with E-state index in [1.165, 1.54) is 20.2 Å². The van der Waals surface area contributed by atoms with E-state index < -0.39 is 0 Å². The fourth-order valence-electron chi connectivity index (χ4n) is 12.2. The molecular formula is C82H60N6S2. The molecule has 15 aromatic rings. The van der Waals surface area contributed by atoms with Gasteiger partial charge >= 0.3 is 0 Å². The van der Waals surface area contributed by atoms with E-state index in [9.17, 15) is 0 Å². The van der Waals surface area contributed by atoms with E-state index in [4.69, 9.17) is 0 Å². The molecule has 0 N–H and O–H groups in total. The molecule has 0 aliphatic rings. The lowest BCUT2D eigenvalue weighted by Crippen LogP contribution is -2.17. The van der Waals surface area contributed by atoms with Crippen molar-refractivity contribution in [3.05, 3.63) is 363 Å². The molecule has 0 aliphatic heterocycles. The zero-order valence-electron chi connectivity index (χ0n) is 49.1. The second kappa shape index (κ2) is 25.1. The van der Waals surface area contributed by atoms with Gasteiger partial charge < -0.3 is 29.4 Å². The van der Waals surface area contributed by atoms with E-state index in [2.05, 4.69) is 392 Å². The SMILES string of the molecule is c1ccc(N(c2ccccc2)c2cc(N(c3ccccc3)c3cccc(N(c4ccccc4)c4cc(N(c5ccccc5)c5ccccc5)cc(N(c5ccccc5)c5csc6ccccc56)c4)c3)cc(N(c3ccccc3)c3csc4ccccc34)c2)cc1. The maximum Gasteiger partial charge on any atom is 0.0647 e. The molecule has 0 aliphatic carbocycles. The summed E-state index contributed by atoms with van der Waals surface area (Å²) in [7, 11) is 0. The molecule has 0 saturated carbocycles. The zero-order valence-corrected chi connectivity index (χ0v) is 50.8. The summed E-state index contributed by atoms with van der Waals surface area (Å²) in [6.45, 7) is 0. The van der Waals surface area contributed by atoms with Gasteiger partial charge in [-0.25, -0.2) is 0 Å². The average Bonchev–Trinajstić information content (AvgIpc) is 1.40. The molecule has 6 nitrogen and oxygen atoms in total. The molecule has 0 spiro atoms. The summed E-state index contributed by atoms with van der Waals surface area (Å²) in [6, 6.07) is 127. The van der Waals surface area contributed by atoms with E-state index in [1.807, 2.05) is 0 Å². The molecule has 0 amide bonds. The first-order valence-electron chi connectivity index (χ1n) is 30.2. The minimum atomic E-state index is 0.974. The topological polar surface area (TPSA) is 19.4 Å². The molecule has 90 heavy (non-hydrogen) atoms. The van der Waals surface area contributed by atoms with E-state index in [1.54, 1.807) is 22.7 Å². The van der Waals surface area contributed by atoms with Gasteiger partial charge in [0.1, 0.15) is 0 Å². The minimum Gasteiger partial charge on any atom is -0.310 e. The van der Waals surface area contributed by atoms with Crippen molar-refractivity contribution in [1.29, 1.82) is 0 Å². The average molecular weight is 1190 g/mol. The number of rotatable bonds is 18. The number of fused-ring (bicyclic) bond motifs is 2. The third-order valence-electron chi connectivity index (χ3n) is 16.2. The Kier molecular flexibility index (Phi) is 15.4. The quantitative estimate of drug-likeness (QED) is 0.0847. The van der Waals surface area contributed by atoms with Crippen LogP contribution in [0.4, 0.5) is 102 Å². The zero-order chi connectivity index (χ0) is 60.0. The molecule has 430 valence electrons. The van der Waals surface area contributed by atoms with Gasteiger partial charge in [-0.3, -0.25) is 0 Å². The van der Waals surface area contributed by atoms with Crippen LogP contribution in [-0.4, -0.2) is 0 Å². The highest BCUT2D eigenvalue weighted by atomic mass is 32.1. The van der Waals surface area contributed by atoms with Crippen LogP contribution >= 0.6 is 22.7 Å². The fraction of sp³-hybridized carbons (Fsp3) is 0. The van der Waals surface area contributed by atoms with Gasteiger partial charge in [-0.05, 0) is 164 Å². The maximum absolute atomic E-state index is 2.42. The smallest absolute Gasteiger partial charge is 0.0647 e. The van der Waals surface area contributed by atoms with Gasteiger partial charge in [0.15, 0.2) is 0 Å². The molecule has 0 unspecified atom stereocenters. The van der Waals surface area contributed by atoms with Gasteiger partial charge in [-0.2, -0.15) is 0 Å². The highest BCUT2D eigenvalue weighted by Gasteiger charge is 2.27. The van der Waals surface area contributed by atoms with Crippen LogP contribution in [0.1, 0.15) is 0 Å². The summed E-state index contributed by atoms with van der Waals surface area (Å²) in [5.41, 5.74) is 18.4. The number of nitrogens with zero attached hydrogens (tertiary/aromatic N) is 6. The number of para-hydroxylation sites is 8. The van der Waals surface area contributed by atoms with E-state index in [-0.39, 0.29) is 0 Å². The first kappa shape index (κ1) is 55.2. The van der Waals surface area contributed by atoms with Gasteiger partial charge in [0.2, 0.25) is 0 Å². The predicted octanol–water partition coefficient (Wildman–Crippen LogP) is 24.9. The van der Waals surface area contributed by atoms with Crippen LogP contribution in [0.5, 0.6) is 0 Å². The molecule has 2 heterocycles. The molecule has 0 saturated heterocycles. The minimum absolute atomic E-state index is 0.974. The number of hydrogen-bond donors (Lipinski definition) is 0. The lowest BCUT2D eigenvalue weighted by atomic mass is 10.1. The van der Waals surface area contributed by atoms with Gasteiger partial charge in [0.25, 0.3) is 0 Å². The van der Waals surface area contributed by atoms with Crippen LogP contribution in [0, 0.1) is 0 Å². The molecule has 0 fully saturated rings. The third-order valence-corrected chi connectivity index (χ3v) is 18.1. The molecule has 2 aromatic heterocycles. The monoisotopic (exact) mass is 1190 g/mol. The Morgan fingerprint density at radius 1 is 0.156 bits per heavy atom. The van der Waals surface area contributed by atoms with Crippen molar-refractivity contribution in [2.45, 2.75) is 0 Å². The Labute approximate surface area is 533 Å². The van der Waals surface area contributed by atoms with Gasteiger partial charge in [-0.1, -0.05) is 188 Å². The summed E-state index contributed by atoms with van der Waals surface area (Å²) in [5.74, 6) is 0. The highest BCUT2D eigenvalue weighted by molar-refractivity contribution is 7.18. The number of anilines is 18. The molecule has 0 bridgehead atoms. The number of hydrogen-bond acceptors (Lipinski definition) is 8. The molecule has 15 rings (SSSR count). The molecule has 0 radical (unpaired) electrons. The lowest BCUT2D eigenvalue weighted by Gasteiger charge is -2.34. The van der Waals surface area contributed by atoms with Crippen LogP contribution in [0.2, 0.25) is 0 Å². The normalized spacial score (nSPS) is 11.1. The van der Waals surface area contributed by atoms with Gasteiger partial charge in [-0.15, -0.1) is 22.7 Å². The van der Waals surface area contributed by atoms with Gasteiger partial charge in [0, 0.05) is 87.8 Å². The summed E-state index contributed by atoms with van der Waals surface area (Å²) < 4.78 is 2.45. The molecule has 0 atom stereocenters. The van der Waals surface area contributed by atoms with Crippen LogP contribution in [0.3, 0.4) is 0 Å². The van der Waals surface area contributed by atoms with Crippen molar-refractivity contribution in [1.82, 2.24) is 0 Å². The lowest BCUT2D eigenvalue weighted by molar-refractivity contribution is 1.21. The highest BCUT2D eigenvalue weighted by Crippen LogP contribution is 2.51. The maximum atomic E-state index is 2.42.